The third kappa shape index (κ3) is 3.03. The summed E-state index contributed by atoms with van der Waals surface area (Å²) in [6.45, 7) is 6.77. The van der Waals surface area contributed by atoms with Crippen LogP contribution in [0.3, 0.4) is 0 Å². The Morgan fingerprint density at radius 2 is 2.15 bits per heavy atom. The molecule has 0 N–H and O–H groups in total. The van der Waals surface area contributed by atoms with Gasteiger partial charge in [-0.1, -0.05) is 13.8 Å². The zero-order chi connectivity index (χ0) is 14.7. The van der Waals surface area contributed by atoms with E-state index in [-0.39, 0.29) is 18.2 Å². The van der Waals surface area contributed by atoms with Crippen molar-refractivity contribution in [1.29, 1.82) is 0 Å². The number of carbonyl (C=O) groups is 1. The fourth-order valence-electron chi connectivity index (χ4n) is 2.62. The first-order valence-corrected chi connectivity index (χ1v) is 7.38. The van der Waals surface area contributed by atoms with Gasteiger partial charge >= 0.3 is 5.97 Å². The molecule has 1 saturated carbocycles. The van der Waals surface area contributed by atoms with Crippen molar-refractivity contribution in [3.63, 3.8) is 0 Å². The Labute approximate surface area is 120 Å². The minimum Gasteiger partial charge on any atom is -0.455 e. The Kier molecular flexibility index (Phi) is 4.81. The predicted octanol–water partition coefficient (Wildman–Crippen LogP) is 2.75. The summed E-state index contributed by atoms with van der Waals surface area (Å²) >= 11 is 0. The van der Waals surface area contributed by atoms with Gasteiger partial charge in [0.25, 0.3) is 0 Å². The smallest absolute Gasteiger partial charge is 0.356 e. The number of hydrogen-bond donors (Lipinski definition) is 0. The van der Waals surface area contributed by atoms with Crippen LogP contribution in [0.2, 0.25) is 0 Å². The Hall–Kier alpha value is -1.36. The van der Waals surface area contributed by atoms with Gasteiger partial charge in [-0.2, -0.15) is 5.10 Å². The summed E-state index contributed by atoms with van der Waals surface area (Å²) in [5.41, 5.74) is 1.46. The van der Waals surface area contributed by atoms with E-state index in [2.05, 4.69) is 18.9 Å². The maximum atomic E-state index is 12.3. The molecular weight excluding hydrogens is 256 g/mol. The molecule has 0 saturated heterocycles. The van der Waals surface area contributed by atoms with E-state index in [9.17, 15) is 4.79 Å². The highest BCUT2D eigenvalue weighted by molar-refractivity contribution is 5.87. The highest BCUT2D eigenvalue weighted by Crippen LogP contribution is 2.25. The molecule has 2 rings (SSSR count). The molecule has 5 heteroatoms. The number of aromatic nitrogens is 2. The van der Waals surface area contributed by atoms with Crippen molar-refractivity contribution in [1.82, 2.24) is 9.78 Å². The largest absolute Gasteiger partial charge is 0.455 e. The van der Waals surface area contributed by atoms with Crippen molar-refractivity contribution in [2.75, 3.05) is 7.11 Å². The lowest BCUT2D eigenvalue weighted by molar-refractivity contribution is -0.0214. The summed E-state index contributed by atoms with van der Waals surface area (Å²) in [7, 11) is 1.67. The van der Waals surface area contributed by atoms with E-state index in [0.717, 1.165) is 25.0 Å². The second-order valence-corrected chi connectivity index (χ2v) is 5.57. The van der Waals surface area contributed by atoms with Crippen molar-refractivity contribution in [3.8, 4) is 0 Å². The third-order valence-corrected chi connectivity index (χ3v) is 3.85. The van der Waals surface area contributed by atoms with E-state index in [4.69, 9.17) is 9.47 Å². The molecule has 1 heterocycles. The molecule has 1 fully saturated rings. The molecule has 0 amide bonds. The fraction of sp³-hybridized carbons (Fsp3) is 0.733. The summed E-state index contributed by atoms with van der Waals surface area (Å²) in [6.07, 6.45) is 2.78. The topological polar surface area (TPSA) is 53.4 Å². The number of rotatable bonds is 5. The summed E-state index contributed by atoms with van der Waals surface area (Å²) in [5.74, 6) is 0.00718. The molecule has 0 bridgehead atoms. The third-order valence-electron chi connectivity index (χ3n) is 3.85. The number of aryl methyl sites for hydroxylation is 1. The second-order valence-electron chi connectivity index (χ2n) is 5.57. The number of nitrogens with zero attached hydrogens (tertiary/aromatic N) is 2. The maximum absolute atomic E-state index is 12.3. The molecule has 1 aliphatic carbocycles. The molecule has 0 radical (unpaired) electrons. The average molecular weight is 280 g/mol. The number of carbonyl (C=O) groups excluding carboxylic acids is 1. The van der Waals surface area contributed by atoms with E-state index < -0.39 is 0 Å². The zero-order valence-corrected chi connectivity index (χ0v) is 12.8. The number of hydrogen-bond acceptors (Lipinski definition) is 4. The van der Waals surface area contributed by atoms with Crippen molar-refractivity contribution >= 4 is 5.97 Å². The SMILES string of the molecule is CCn1nc(C(C)C)cc1C(=O)O[C@H]1CCC[C@@H]1OC. The monoisotopic (exact) mass is 280 g/mol. The van der Waals surface area contributed by atoms with E-state index >= 15 is 0 Å². The normalized spacial score (nSPS) is 22.4. The van der Waals surface area contributed by atoms with Crippen molar-refractivity contribution in [3.05, 3.63) is 17.5 Å². The van der Waals surface area contributed by atoms with Gasteiger partial charge in [-0.25, -0.2) is 4.79 Å². The minimum atomic E-state index is -0.291. The molecule has 0 aromatic carbocycles. The maximum Gasteiger partial charge on any atom is 0.356 e. The molecule has 1 aromatic rings. The van der Waals surface area contributed by atoms with Gasteiger partial charge in [-0.15, -0.1) is 0 Å². The van der Waals surface area contributed by atoms with Crippen LogP contribution >= 0.6 is 0 Å². The first-order valence-electron chi connectivity index (χ1n) is 7.38. The summed E-state index contributed by atoms with van der Waals surface area (Å²) in [5, 5.41) is 4.45. The van der Waals surface area contributed by atoms with E-state index in [1.165, 1.54) is 0 Å². The predicted molar refractivity (Wildman–Crippen MR) is 75.8 cm³/mol. The number of ether oxygens (including phenoxy) is 2. The van der Waals surface area contributed by atoms with E-state index in [0.29, 0.717) is 18.2 Å². The molecular formula is C15H24N2O3. The van der Waals surface area contributed by atoms with Crippen LogP contribution in [0.1, 0.15) is 62.1 Å². The molecule has 0 aliphatic heterocycles. The van der Waals surface area contributed by atoms with Crippen LogP contribution in [0.5, 0.6) is 0 Å². The van der Waals surface area contributed by atoms with Gasteiger partial charge in [-0.05, 0) is 38.2 Å². The van der Waals surface area contributed by atoms with Crippen LogP contribution < -0.4 is 0 Å². The Balaban J connectivity index is 2.12. The molecule has 0 spiro atoms. The lowest BCUT2D eigenvalue weighted by Gasteiger charge is -2.18. The van der Waals surface area contributed by atoms with Crippen molar-refractivity contribution < 1.29 is 14.3 Å². The first kappa shape index (κ1) is 15.0. The Bertz CT molecular complexity index is 468. The highest BCUT2D eigenvalue weighted by atomic mass is 16.6. The van der Waals surface area contributed by atoms with E-state index in [1.807, 2.05) is 13.0 Å². The molecule has 1 aliphatic rings. The standard InChI is InChI=1S/C15H24N2O3/c1-5-17-12(9-11(16-17)10(2)3)15(18)20-14-8-6-7-13(14)19-4/h9-10,13-14H,5-8H2,1-4H3/t13-,14-/m0/s1. The van der Waals surface area contributed by atoms with Crippen LogP contribution in [0.4, 0.5) is 0 Å². The van der Waals surface area contributed by atoms with Crippen LogP contribution in [-0.2, 0) is 16.0 Å². The Morgan fingerprint density at radius 3 is 2.75 bits per heavy atom. The van der Waals surface area contributed by atoms with Crippen molar-refractivity contribution in [2.45, 2.75) is 64.7 Å². The van der Waals surface area contributed by atoms with Crippen molar-refractivity contribution in [2.24, 2.45) is 0 Å². The fourth-order valence-corrected chi connectivity index (χ4v) is 2.62. The quantitative estimate of drug-likeness (QED) is 0.778. The van der Waals surface area contributed by atoms with Gasteiger partial charge in [0.15, 0.2) is 0 Å². The molecule has 1 aromatic heterocycles. The number of esters is 1. The van der Waals surface area contributed by atoms with Crippen LogP contribution in [0.15, 0.2) is 6.07 Å². The average Bonchev–Trinajstić information content (AvgIpc) is 3.04. The molecule has 20 heavy (non-hydrogen) atoms. The van der Waals surface area contributed by atoms with Gasteiger partial charge < -0.3 is 9.47 Å². The van der Waals surface area contributed by atoms with Gasteiger partial charge in [-0.3, -0.25) is 4.68 Å². The van der Waals surface area contributed by atoms with Gasteiger partial charge in [0.2, 0.25) is 0 Å². The molecule has 0 unspecified atom stereocenters. The molecule has 112 valence electrons. The van der Waals surface area contributed by atoms with Gasteiger partial charge in [0.1, 0.15) is 11.8 Å². The van der Waals surface area contributed by atoms with Gasteiger partial charge in [0, 0.05) is 13.7 Å². The second kappa shape index (κ2) is 6.39. The minimum absolute atomic E-state index is 0.0292. The number of methoxy groups -OCH3 is 1. The molecule has 2 atom stereocenters. The lowest BCUT2D eigenvalue weighted by Crippen LogP contribution is -2.28. The van der Waals surface area contributed by atoms with Crippen LogP contribution in [0.25, 0.3) is 0 Å². The lowest BCUT2D eigenvalue weighted by atomic mass is 10.1. The Morgan fingerprint density at radius 1 is 1.45 bits per heavy atom. The van der Waals surface area contributed by atoms with Gasteiger partial charge in [0.05, 0.1) is 11.8 Å². The zero-order valence-electron chi connectivity index (χ0n) is 12.8. The van der Waals surface area contributed by atoms with Crippen LogP contribution in [0, 0.1) is 0 Å². The molecule has 5 nitrogen and oxygen atoms in total. The summed E-state index contributed by atoms with van der Waals surface area (Å²) in [6, 6.07) is 1.84. The highest BCUT2D eigenvalue weighted by Gasteiger charge is 2.31. The summed E-state index contributed by atoms with van der Waals surface area (Å²) in [4.78, 5) is 12.3. The van der Waals surface area contributed by atoms with E-state index in [1.54, 1.807) is 11.8 Å². The summed E-state index contributed by atoms with van der Waals surface area (Å²) < 4.78 is 12.7. The first-order chi connectivity index (χ1) is 9.56. The van der Waals surface area contributed by atoms with Crippen LogP contribution in [-0.4, -0.2) is 35.1 Å².